The standard InChI is InChI=1S/C13H16FNO2/c14-7-9-5-10(11-3-1-2-4-15-11)13-12(6-9)16-8-17-13/h5-6,11,15H,1-4,7-8H2. The molecule has 0 spiro atoms. The molecule has 92 valence electrons. The molecule has 1 aromatic rings. The summed E-state index contributed by atoms with van der Waals surface area (Å²) < 4.78 is 23.7. The number of hydrogen-bond donors (Lipinski definition) is 1. The molecule has 0 bridgehead atoms. The fourth-order valence-electron chi connectivity index (χ4n) is 2.55. The highest BCUT2D eigenvalue weighted by molar-refractivity contribution is 5.52. The van der Waals surface area contributed by atoms with Crippen LogP contribution in [0.15, 0.2) is 12.1 Å². The van der Waals surface area contributed by atoms with Crippen LogP contribution in [0, 0.1) is 0 Å². The molecule has 0 saturated carbocycles. The minimum Gasteiger partial charge on any atom is -0.454 e. The first kappa shape index (κ1) is 10.8. The lowest BCUT2D eigenvalue weighted by atomic mass is 9.95. The SMILES string of the molecule is FCc1cc2c(c(C3CCCCN3)c1)OCO2. The van der Waals surface area contributed by atoms with Crippen molar-refractivity contribution in [3.8, 4) is 11.5 Å². The molecule has 1 unspecified atom stereocenters. The summed E-state index contributed by atoms with van der Waals surface area (Å²) in [5, 5.41) is 3.46. The van der Waals surface area contributed by atoms with Crippen molar-refractivity contribution in [2.45, 2.75) is 32.0 Å². The van der Waals surface area contributed by atoms with Crippen LogP contribution in [0.1, 0.15) is 36.4 Å². The molecule has 1 aromatic carbocycles. The van der Waals surface area contributed by atoms with E-state index in [2.05, 4.69) is 5.32 Å². The van der Waals surface area contributed by atoms with Gasteiger partial charge in [0.05, 0.1) is 0 Å². The van der Waals surface area contributed by atoms with Gasteiger partial charge in [-0.15, -0.1) is 0 Å². The molecule has 1 saturated heterocycles. The number of ether oxygens (including phenoxy) is 2. The van der Waals surface area contributed by atoms with Crippen molar-refractivity contribution in [3.05, 3.63) is 23.3 Å². The van der Waals surface area contributed by atoms with Gasteiger partial charge in [-0.2, -0.15) is 0 Å². The van der Waals surface area contributed by atoms with Crippen LogP contribution < -0.4 is 14.8 Å². The van der Waals surface area contributed by atoms with E-state index in [1.54, 1.807) is 6.07 Å². The molecule has 17 heavy (non-hydrogen) atoms. The number of piperidine rings is 1. The third-order valence-electron chi connectivity index (χ3n) is 3.40. The Balaban J connectivity index is 1.98. The summed E-state index contributed by atoms with van der Waals surface area (Å²) in [6, 6.07) is 3.90. The van der Waals surface area contributed by atoms with E-state index in [9.17, 15) is 4.39 Å². The lowest BCUT2D eigenvalue weighted by Gasteiger charge is -2.25. The molecule has 1 N–H and O–H groups in total. The highest BCUT2D eigenvalue weighted by Gasteiger charge is 2.25. The molecule has 2 heterocycles. The van der Waals surface area contributed by atoms with Crippen molar-refractivity contribution in [2.24, 2.45) is 0 Å². The summed E-state index contributed by atoms with van der Waals surface area (Å²) in [4.78, 5) is 0. The summed E-state index contributed by atoms with van der Waals surface area (Å²) in [7, 11) is 0. The third-order valence-corrected chi connectivity index (χ3v) is 3.40. The average Bonchev–Trinajstić information content (AvgIpc) is 2.86. The predicted octanol–water partition coefficient (Wildman–Crippen LogP) is 2.70. The quantitative estimate of drug-likeness (QED) is 0.857. The lowest BCUT2D eigenvalue weighted by molar-refractivity contribution is 0.172. The topological polar surface area (TPSA) is 30.5 Å². The molecule has 3 nitrogen and oxygen atoms in total. The number of rotatable bonds is 2. The zero-order valence-electron chi connectivity index (χ0n) is 9.67. The van der Waals surface area contributed by atoms with Crippen LogP contribution in [0.5, 0.6) is 11.5 Å². The predicted molar refractivity (Wildman–Crippen MR) is 62.0 cm³/mol. The monoisotopic (exact) mass is 237 g/mol. The van der Waals surface area contributed by atoms with Crippen LogP contribution in [-0.2, 0) is 6.67 Å². The van der Waals surface area contributed by atoms with E-state index in [1.807, 2.05) is 6.07 Å². The molecule has 2 aliphatic heterocycles. The maximum absolute atomic E-state index is 12.8. The average molecular weight is 237 g/mol. The number of fused-ring (bicyclic) bond motifs is 1. The summed E-state index contributed by atoms with van der Waals surface area (Å²) in [6.45, 7) is 0.793. The van der Waals surface area contributed by atoms with Crippen LogP contribution in [0.25, 0.3) is 0 Å². The van der Waals surface area contributed by atoms with Gasteiger partial charge in [0.2, 0.25) is 6.79 Å². The second-order valence-corrected chi connectivity index (χ2v) is 4.55. The minimum absolute atomic E-state index is 0.241. The Morgan fingerprint density at radius 3 is 3.00 bits per heavy atom. The molecule has 0 radical (unpaired) electrons. The Hall–Kier alpha value is -1.29. The number of alkyl halides is 1. The first-order chi connectivity index (χ1) is 8.38. The Morgan fingerprint density at radius 2 is 2.24 bits per heavy atom. The van der Waals surface area contributed by atoms with Gasteiger partial charge >= 0.3 is 0 Å². The Bertz CT molecular complexity index is 416. The fraction of sp³-hybridized carbons (Fsp3) is 0.538. The molecule has 3 rings (SSSR count). The Labute approximate surface area is 99.9 Å². The molecule has 1 atom stereocenters. The minimum atomic E-state index is -0.462. The fourth-order valence-corrected chi connectivity index (χ4v) is 2.55. The number of halogens is 1. The largest absolute Gasteiger partial charge is 0.454 e. The van der Waals surface area contributed by atoms with Gasteiger partial charge in [-0.25, -0.2) is 4.39 Å². The van der Waals surface area contributed by atoms with Gasteiger partial charge in [0, 0.05) is 11.6 Å². The van der Waals surface area contributed by atoms with Crippen molar-refractivity contribution >= 4 is 0 Å². The molecule has 0 aliphatic carbocycles. The summed E-state index contributed by atoms with van der Waals surface area (Å²) in [5.41, 5.74) is 1.71. The molecule has 2 aliphatic rings. The number of nitrogens with one attached hydrogen (secondary N) is 1. The normalized spacial score (nSPS) is 22.8. The molecular weight excluding hydrogens is 221 g/mol. The first-order valence-corrected chi connectivity index (χ1v) is 6.10. The summed E-state index contributed by atoms with van der Waals surface area (Å²) in [6.07, 6.45) is 3.48. The highest BCUT2D eigenvalue weighted by Crippen LogP contribution is 2.41. The van der Waals surface area contributed by atoms with E-state index >= 15 is 0 Å². The van der Waals surface area contributed by atoms with Gasteiger partial charge in [0.1, 0.15) is 6.67 Å². The van der Waals surface area contributed by atoms with Crippen LogP contribution in [0.3, 0.4) is 0 Å². The maximum atomic E-state index is 12.8. The summed E-state index contributed by atoms with van der Waals surface area (Å²) >= 11 is 0. The van der Waals surface area contributed by atoms with E-state index in [0.717, 1.165) is 24.3 Å². The Morgan fingerprint density at radius 1 is 1.29 bits per heavy atom. The van der Waals surface area contributed by atoms with E-state index < -0.39 is 6.67 Å². The van der Waals surface area contributed by atoms with Gasteiger partial charge in [0.25, 0.3) is 0 Å². The van der Waals surface area contributed by atoms with E-state index in [4.69, 9.17) is 9.47 Å². The zero-order valence-corrected chi connectivity index (χ0v) is 9.67. The summed E-state index contributed by atoms with van der Waals surface area (Å²) in [5.74, 6) is 1.48. The number of benzene rings is 1. The van der Waals surface area contributed by atoms with Crippen LogP contribution in [0.4, 0.5) is 4.39 Å². The van der Waals surface area contributed by atoms with Crippen LogP contribution in [-0.4, -0.2) is 13.3 Å². The van der Waals surface area contributed by atoms with Gasteiger partial charge in [0.15, 0.2) is 11.5 Å². The van der Waals surface area contributed by atoms with Crippen molar-refractivity contribution in [1.29, 1.82) is 0 Å². The van der Waals surface area contributed by atoms with E-state index in [0.29, 0.717) is 11.3 Å². The van der Waals surface area contributed by atoms with Gasteiger partial charge in [-0.05, 0) is 37.1 Å². The molecule has 0 aromatic heterocycles. The van der Waals surface area contributed by atoms with Crippen molar-refractivity contribution in [2.75, 3.05) is 13.3 Å². The zero-order chi connectivity index (χ0) is 11.7. The molecule has 1 fully saturated rings. The van der Waals surface area contributed by atoms with Crippen molar-refractivity contribution in [1.82, 2.24) is 5.32 Å². The second-order valence-electron chi connectivity index (χ2n) is 4.55. The van der Waals surface area contributed by atoms with Crippen LogP contribution >= 0.6 is 0 Å². The number of hydrogen-bond acceptors (Lipinski definition) is 3. The van der Waals surface area contributed by atoms with Crippen LogP contribution in [0.2, 0.25) is 0 Å². The van der Waals surface area contributed by atoms with Crippen molar-refractivity contribution < 1.29 is 13.9 Å². The van der Waals surface area contributed by atoms with Crippen molar-refractivity contribution in [3.63, 3.8) is 0 Å². The smallest absolute Gasteiger partial charge is 0.231 e. The third kappa shape index (κ3) is 1.97. The van der Waals surface area contributed by atoms with E-state index in [-0.39, 0.29) is 12.8 Å². The van der Waals surface area contributed by atoms with Gasteiger partial charge in [-0.3, -0.25) is 0 Å². The molecular formula is C13H16FNO2. The maximum Gasteiger partial charge on any atom is 0.231 e. The molecule has 0 amide bonds. The highest BCUT2D eigenvalue weighted by atomic mass is 19.1. The second kappa shape index (κ2) is 4.53. The van der Waals surface area contributed by atoms with Gasteiger partial charge < -0.3 is 14.8 Å². The first-order valence-electron chi connectivity index (χ1n) is 6.10. The molecule has 4 heteroatoms. The Kier molecular flexibility index (Phi) is 2.89. The van der Waals surface area contributed by atoms with Gasteiger partial charge in [-0.1, -0.05) is 6.42 Å². The van der Waals surface area contributed by atoms with E-state index in [1.165, 1.54) is 12.8 Å². The lowest BCUT2D eigenvalue weighted by Crippen LogP contribution is -2.27.